The third kappa shape index (κ3) is 10.3. The minimum atomic E-state index is -4.12. The summed E-state index contributed by atoms with van der Waals surface area (Å²) in [5.74, 6) is 1.50. The van der Waals surface area contributed by atoms with Gasteiger partial charge in [0.1, 0.15) is 23.6 Å². The number of benzene rings is 3. The third-order valence-electron chi connectivity index (χ3n) is 7.90. The minimum Gasteiger partial charge on any atom is -0.496 e. The second-order valence-electron chi connectivity index (χ2n) is 12.1. The number of thioether (sulfide) groups is 1. The SMILES string of the molecule is COc1cc(CSCCOCC(C)C)cc(OC)c1-c1ccc(C[C@H](NC(=O)[C@@H]2CCCN2S(=O)(=O)c2cc(Cl)cc(Cl)c2)C(=O)O)cc1. The van der Waals surface area contributed by atoms with Crippen molar-refractivity contribution in [3.8, 4) is 22.6 Å². The van der Waals surface area contributed by atoms with Gasteiger partial charge in [0.25, 0.3) is 0 Å². The van der Waals surface area contributed by atoms with Crippen LogP contribution < -0.4 is 14.8 Å². The van der Waals surface area contributed by atoms with E-state index in [0.717, 1.165) is 39.1 Å². The van der Waals surface area contributed by atoms with Gasteiger partial charge in [0.15, 0.2) is 0 Å². The van der Waals surface area contributed by atoms with Gasteiger partial charge in [0, 0.05) is 41.1 Å². The molecule has 3 aromatic carbocycles. The molecule has 0 spiro atoms. The maximum Gasteiger partial charge on any atom is 0.326 e. The van der Waals surface area contributed by atoms with E-state index in [1.54, 1.807) is 38.1 Å². The molecule has 1 fully saturated rings. The highest BCUT2D eigenvalue weighted by atomic mass is 35.5. The monoisotopic (exact) mass is 752 g/mol. The molecule has 1 aliphatic heterocycles. The Morgan fingerprint density at radius 1 is 1.00 bits per heavy atom. The lowest BCUT2D eigenvalue weighted by Crippen LogP contribution is -2.51. The normalized spacial score (nSPS) is 15.7. The van der Waals surface area contributed by atoms with Crippen LogP contribution >= 0.6 is 35.0 Å². The van der Waals surface area contributed by atoms with Crippen LogP contribution in [0.2, 0.25) is 10.0 Å². The van der Waals surface area contributed by atoms with Crippen molar-refractivity contribution in [1.29, 1.82) is 0 Å². The first kappa shape index (κ1) is 38.8. The molecule has 0 aliphatic carbocycles. The summed E-state index contributed by atoms with van der Waals surface area (Å²) >= 11 is 13.8. The second-order valence-corrected chi connectivity index (χ2v) is 15.9. The molecule has 266 valence electrons. The van der Waals surface area contributed by atoms with E-state index < -0.39 is 34.0 Å². The van der Waals surface area contributed by atoms with Crippen LogP contribution in [0.3, 0.4) is 0 Å². The number of nitrogens with one attached hydrogen (secondary N) is 1. The molecule has 10 nitrogen and oxygen atoms in total. The number of hydrogen-bond donors (Lipinski definition) is 2. The number of ether oxygens (including phenoxy) is 3. The fourth-order valence-electron chi connectivity index (χ4n) is 5.57. The molecule has 2 N–H and O–H groups in total. The van der Waals surface area contributed by atoms with Crippen molar-refractivity contribution in [3.05, 3.63) is 75.8 Å². The van der Waals surface area contributed by atoms with Gasteiger partial charge in [-0.3, -0.25) is 4.79 Å². The van der Waals surface area contributed by atoms with Crippen LogP contribution in [-0.2, 0) is 36.5 Å². The van der Waals surface area contributed by atoms with E-state index in [4.69, 9.17) is 37.4 Å². The summed E-state index contributed by atoms with van der Waals surface area (Å²) in [7, 11) is -0.917. The van der Waals surface area contributed by atoms with Crippen LogP contribution in [-0.4, -0.2) is 81.5 Å². The van der Waals surface area contributed by atoms with Gasteiger partial charge in [-0.1, -0.05) is 61.3 Å². The van der Waals surface area contributed by atoms with Gasteiger partial charge in [-0.25, -0.2) is 13.2 Å². The summed E-state index contributed by atoms with van der Waals surface area (Å²) in [6, 6.07) is 12.8. The fourth-order valence-corrected chi connectivity index (χ4v) is 8.74. The number of methoxy groups -OCH3 is 2. The van der Waals surface area contributed by atoms with Crippen LogP contribution in [0.4, 0.5) is 0 Å². The Morgan fingerprint density at radius 2 is 1.63 bits per heavy atom. The Kier molecular flexibility index (Phi) is 14.1. The number of sulfonamides is 1. The number of carbonyl (C=O) groups is 2. The highest BCUT2D eigenvalue weighted by molar-refractivity contribution is 7.98. The zero-order valence-electron chi connectivity index (χ0n) is 27.9. The van der Waals surface area contributed by atoms with Crippen molar-refractivity contribution in [2.45, 2.75) is 55.8 Å². The van der Waals surface area contributed by atoms with Gasteiger partial charge < -0.3 is 24.6 Å². The van der Waals surface area contributed by atoms with E-state index in [2.05, 4.69) is 19.2 Å². The summed E-state index contributed by atoms with van der Waals surface area (Å²) in [5, 5.41) is 12.8. The summed E-state index contributed by atoms with van der Waals surface area (Å²) in [4.78, 5) is 25.5. The van der Waals surface area contributed by atoms with E-state index in [-0.39, 0.29) is 34.3 Å². The largest absolute Gasteiger partial charge is 0.496 e. The van der Waals surface area contributed by atoms with E-state index in [0.29, 0.717) is 36.0 Å². The first-order chi connectivity index (χ1) is 23.3. The molecule has 0 radical (unpaired) electrons. The zero-order chi connectivity index (χ0) is 35.7. The number of carboxylic acid groups (broad SMARTS) is 1. The van der Waals surface area contributed by atoms with E-state index in [1.807, 2.05) is 24.3 Å². The number of carboxylic acids is 1. The van der Waals surface area contributed by atoms with Gasteiger partial charge in [-0.2, -0.15) is 16.1 Å². The predicted octanol–water partition coefficient (Wildman–Crippen LogP) is 6.55. The Hall–Kier alpha value is -3.00. The number of nitrogens with zero attached hydrogens (tertiary/aromatic N) is 1. The van der Waals surface area contributed by atoms with Crippen LogP contribution in [0.15, 0.2) is 59.5 Å². The van der Waals surface area contributed by atoms with Crippen LogP contribution in [0.5, 0.6) is 11.5 Å². The average Bonchev–Trinajstić information content (AvgIpc) is 3.57. The molecule has 0 unspecified atom stereocenters. The van der Waals surface area contributed by atoms with E-state index >= 15 is 0 Å². The van der Waals surface area contributed by atoms with E-state index in [1.165, 1.54) is 18.2 Å². The third-order valence-corrected chi connectivity index (χ3v) is 11.2. The van der Waals surface area contributed by atoms with Crippen molar-refractivity contribution in [3.63, 3.8) is 0 Å². The summed E-state index contributed by atoms with van der Waals surface area (Å²) in [6.45, 7) is 5.78. The molecule has 1 amide bonds. The number of amides is 1. The molecule has 0 aromatic heterocycles. The highest BCUT2D eigenvalue weighted by Crippen LogP contribution is 2.40. The number of aliphatic carboxylic acids is 1. The number of carbonyl (C=O) groups excluding carboxylic acids is 1. The van der Waals surface area contributed by atoms with Crippen molar-refractivity contribution >= 4 is 56.9 Å². The van der Waals surface area contributed by atoms with Gasteiger partial charge in [-0.05, 0) is 65.8 Å². The molecular weight excluding hydrogens is 711 g/mol. The maximum atomic E-state index is 13.4. The molecule has 2 atom stereocenters. The van der Waals surface area contributed by atoms with Gasteiger partial charge in [0.2, 0.25) is 15.9 Å². The highest BCUT2D eigenvalue weighted by Gasteiger charge is 2.40. The second kappa shape index (κ2) is 17.8. The standard InChI is InChI=1S/C35H42Cl2N2O8S2/c1-22(2)20-47-12-13-48-21-24-15-31(45-3)33(32(16-24)46-4)25-9-7-23(8-10-25)14-29(35(41)42)38-34(40)30-6-5-11-39(30)49(43,44)28-18-26(36)17-27(37)19-28/h7-10,15-19,22,29-30H,5-6,11-14,20-21H2,1-4H3,(H,38,40)(H,41,42)/t29-,30-/m0/s1. The average molecular weight is 754 g/mol. The van der Waals surface area contributed by atoms with Crippen molar-refractivity contribution in [1.82, 2.24) is 9.62 Å². The molecule has 1 saturated heterocycles. The molecule has 14 heteroatoms. The number of halogens is 2. The Morgan fingerprint density at radius 3 is 2.20 bits per heavy atom. The lowest BCUT2D eigenvalue weighted by atomic mass is 9.98. The maximum absolute atomic E-state index is 13.4. The number of rotatable bonds is 17. The molecule has 3 aromatic rings. The van der Waals surface area contributed by atoms with Gasteiger partial charge >= 0.3 is 5.97 Å². The van der Waals surface area contributed by atoms with Gasteiger partial charge in [-0.15, -0.1) is 0 Å². The summed E-state index contributed by atoms with van der Waals surface area (Å²) in [6.07, 6.45) is 0.662. The Bertz CT molecular complexity index is 1680. The first-order valence-corrected chi connectivity index (χ1v) is 19.2. The van der Waals surface area contributed by atoms with Gasteiger partial charge in [0.05, 0.1) is 31.3 Å². The van der Waals surface area contributed by atoms with Crippen LogP contribution in [0.25, 0.3) is 11.1 Å². The molecule has 0 saturated carbocycles. The number of hydrogen-bond acceptors (Lipinski definition) is 8. The quantitative estimate of drug-likeness (QED) is 0.148. The van der Waals surface area contributed by atoms with Crippen LogP contribution in [0, 0.1) is 5.92 Å². The van der Waals surface area contributed by atoms with Crippen LogP contribution in [0.1, 0.15) is 37.8 Å². The Balaban J connectivity index is 1.44. The Labute approximate surface area is 302 Å². The molecule has 49 heavy (non-hydrogen) atoms. The first-order valence-electron chi connectivity index (χ1n) is 15.8. The summed E-state index contributed by atoms with van der Waals surface area (Å²) in [5.41, 5.74) is 3.28. The van der Waals surface area contributed by atoms with Crippen molar-refractivity contribution in [2.75, 3.05) is 39.7 Å². The zero-order valence-corrected chi connectivity index (χ0v) is 31.1. The lowest BCUT2D eigenvalue weighted by molar-refractivity contribution is -0.142. The smallest absolute Gasteiger partial charge is 0.326 e. The van der Waals surface area contributed by atoms with Crippen molar-refractivity contribution < 1.29 is 37.3 Å². The fraction of sp³-hybridized carbons (Fsp3) is 0.429. The molecule has 1 aliphatic rings. The summed E-state index contributed by atoms with van der Waals surface area (Å²) < 4.78 is 45.1. The topological polar surface area (TPSA) is 131 Å². The van der Waals surface area contributed by atoms with Crippen molar-refractivity contribution in [2.24, 2.45) is 5.92 Å². The molecule has 0 bridgehead atoms. The van der Waals surface area contributed by atoms with E-state index in [9.17, 15) is 23.1 Å². The molecule has 1 heterocycles. The molecular formula is C35H42Cl2N2O8S2. The molecule has 4 rings (SSSR count). The predicted molar refractivity (Wildman–Crippen MR) is 193 cm³/mol. The minimum absolute atomic E-state index is 0.0178. The lowest BCUT2D eigenvalue weighted by Gasteiger charge is -2.25.